The molecule has 25 heavy (non-hydrogen) atoms. The number of ether oxygens (including phenoxy) is 1. The standard InChI is InChI=1S/C19H26O6/c1-4-18(24)7-5-10-16(2,9-18)12(14(21)22)13-17(3)11(20)6-8-19(10,13)25-15(17)23/h4,10-13,20,24H,1,5-9H2,2-3H3,(H,21,22)/t10?,11?,12?,13?,16?,17?,18-,19?/m0/s1. The Morgan fingerprint density at radius 1 is 1.32 bits per heavy atom. The molecule has 4 rings (SSSR count). The van der Waals surface area contributed by atoms with Gasteiger partial charge in [-0.1, -0.05) is 13.0 Å². The molecule has 1 saturated heterocycles. The van der Waals surface area contributed by atoms with E-state index >= 15 is 0 Å². The molecule has 0 radical (unpaired) electrons. The molecule has 0 spiro atoms. The molecule has 6 heteroatoms. The monoisotopic (exact) mass is 350 g/mol. The lowest BCUT2D eigenvalue weighted by molar-refractivity contribution is -0.166. The van der Waals surface area contributed by atoms with E-state index < -0.39 is 51.9 Å². The van der Waals surface area contributed by atoms with Crippen LogP contribution in [0.15, 0.2) is 12.7 Å². The fourth-order valence-electron chi connectivity index (χ4n) is 6.99. The number of rotatable bonds is 2. The summed E-state index contributed by atoms with van der Waals surface area (Å²) in [7, 11) is 0. The largest absolute Gasteiger partial charge is 0.481 e. The Morgan fingerprint density at radius 3 is 2.60 bits per heavy atom. The first kappa shape index (κ1) is 17.0. The fraction of sp³-hybridized carbons (Fsp3) is 0.789. The van der Waals surface area contributed by atoms with Gasteiger partial charge < -0.3 is 20.1 Å². The average molecular weight is 350 g/mol. The van der Waals surface area contributed by atoms with Crippen LogP contribution in [0.25, 0.3) is 0 Å². The third-order valence-electron chi connectivity index (χ3n) is 8.02. The summed E-state index contributed by atoms with van der Waals surface area (Å²) in [5, 5.41) is 31.5. The van der Waals surface area contributed by atoms with Crippen molar-refractivity contribution in [3.63, 3.8) is 0 Å². The Hall–Kier alpha value is -1.40. The normalized spacial score (nSPS) is 56.7. The third kappa shape index (κ3) is 1.72. The molecule has 1 heterocycles. The maximum atomic E-state index is 12.7. The van der Waals surface area contributed by atoms with Crippen LogP contribution in [0.4, 0.5) is 0 Å². The lowest BCUT2D eigenvalue weighted by Gasteiger charge is -2.49. The van der Waals surface area contributed by atoms with E-state index in [9.17, 15) is 24.9 Å². The van der Waals surface area contributed by atoms with Crippen LogP contribution < -0.4 is 0 Å². The zero-order chi connectivity index (χ0) is 18.4. The van der Waals surface area contributed by atoms with Gasteiger partial charge in [-0.15, -0.1) is 6.58 Å². The number of aliphatic hydroxyl groups is 2. The molecule has 3 saturated carbocycles. The number of hydrogen-bond donors (Lipinski definition) is 3. The highest BCUT2D eigenvalue weighted by atomic mass is 16.6. The Morgan fingerprint density at radius 2 is 2.00 bits per heavy atom. The summed E-state index contributed by atoms with van der Waals surface area (Å²) in [5.41, 5.74) is -3.87. The zero-order valence-electron chi connectivity index (χ0n) is 14.7. The molecule has 0 aromatic rings. The summed E-state index contributed by atoms with van der Waals surface area (Å²) >= 11 is 0. The zero-order valence-corrected chi connectivity index (χ0v) is 14.7. The smallest absolute Gasteiger partial charge is 0.315 e. The summed E-state index contributed by atoms with van der Waals surface area (Å²) in [6.45, 7) is 7.28. The highest BCUT2D eigenvalue weighted by molar-refractivity contribution is 5.85. The van der Waals surface area contributed by atoms with Crippen LogP contribution in [-0.2, 0) is 14.3 Å². The van der Waals surface area contributed by atoms with E-state index in [-0.39, 0.29) is 12.3 Å². The van der Waals surface area contributed by atoms with E-state index in [2.05, 4.69) is 6.58 Å². The average Bonchev–Trinajstić information content (AvgIpc) is 2.84. The van der Waals surface area contributed by atoms with Gasteiger partial charge in [-0.3, -0.25) is 9.59 Å². The van der Waals surface area contributed by atoms with Crippen LogP contribution in [0.3, 0.4) is 0 Å². The van der Waals surface area contributed by atoms with Crippen LogP contribution >= 0.6 is 0 Å². The van der Waals surface area contributed by atoms with Crippen molar-refractivity contribution in [1.82, 2.24) is 0 Å². The second kappa shape index (κ2) is 4.65. The highest BCUT2D eigenvalue weighted by Crippen LogP contribution is 2.74. The summed E-state index contributed by atoms with van der Waals surface area (Å²) in [5.74, 6) is -3.01. The van der Waals surface area contributed by atoms with Crippen LogP contribution in [-0.4, -0.2) is 44.6 Å². The molecule has 6 nitrogen and oxygen atoms in total. The van der Waals surface area contributed by atoms with Crippen molar-refractivity contribution < 1.29 is 29.6 Å². The van der Waals surface area contributed by atoms with E-state index in [0.717, 1.165) is 0 Å². The molecule has 1 aliphatic heterocycles. The lowest BCUT2D eigenvalue weighted by Crippen LogP contribution is -2.53. The van der Waals surface area contributed by atoms with E-state index in [1.165, 1.54) is 6.08 Å². The van der Waals surface area contributed by atoms with Crippen molar-refractivity contribution >= 4 is 11.9 Å². The number of fused-ring (bicyclic) bond motifs is 1. The quantitative estimate of drug-likeness (QED) is 0.515. The summed E-state index contributed by atoms with van der Waals surface area (Å²) in [6.07, 6.45) is 2.87. The van der Waals surface area contributed by atoms with Crippen LogP contribution in [0.5, 0.6) is 0 Å². The van der Waals surface area contributed by atoms with Gasteiger partial charge in [-0.2, -0.15) is 0 Å². The first-order valence-corrected chi connectivity index (χ1v) is 9.05. The summed E-state index contributed by atoms with van der Waals surface area (Å²) in [4.78, 5) is 25.0. The maximum absolute atomic E-state index is 12.7. The van der Waals surface area contributed by atoms with Gasteiger partial charge in [0.2, 0.25) is 0 Å². The van der Waals surface area contributed by atoms with Gasteiger partial charge in [0.05, 0.1) is 23.0 Å². The second-order valence-electron chi connectivity index (χ2n) is 9.06. The van der Waals surface area contributed by atoms with E-state index in [1.54, 1.807) is 6.92 Å². The predicted molar refractivity (Wildman–Crippen MR) is 87.4 cm³/mol. The SMILES string of the molecule is C=C[C@]1(O)CCC2C(C)(C1)C(C(=O)O)C1C23CCC(O)C1(C)C(=O)O3. The molecule has 8 atom stereocenters. The Balaban J connectivity index is 1.91. The van der Waals surface area contributed by atoms with Gasteiger partial charge in [-0.25, -0.2) is 0 Å². The minimum Gasteiger partial charge on any atom is -0.481 e. The summed E-state index contributed by atoms with van der Waals surface area (Å²) < 4.78 is 5.92. The maximum Gasteiger partial charge on any atom is 0.315 e. The van der Waals surface area contributed by atoms with Crippen LogP contribution in [0, 0.1) is 28.6 Å². The van der Waals surface area contributed by atoms with E-state index in [4.69, 9.17) is 4.74 Å². The first-order valence-electron chi connectivity index (χ1n) is 9.05. The van der Waals surface area contributed by atoms with E-state index in [0.29, 0.717) is 25.7 Å². The second-order valence-corrected chi connectivity index (χ2v) is 9.06. The van der Waals surface area contributed by atoms with Crippen molar-refractivity contribution in [2.45, 2.75) is 63.3 Å². The number of esters is 1. The molecule has 3 N–H and O–H groups in total. The van der Waals surface area contributed by atoms with Gasteiger partial charge >= 0.3 is 11.9 Å². The summed E-state index contributed by atoms with van der Waals surface area (Å²) in [6, 6.07) is 0. The number of hydrogen-bond acceptors (Lipinski definition) is 5. The lowest BCUT2D eigenvalue weighted by atomic mass is 9.58. The third-order valence-corrected chi connectivity index (χ3v) is 8.02. The van der Waals surface area contributed by atoms with Gasteiger partial charge in [-0.05, 0) is 44.4 Å². The topological polar surface area (TPSA) is 104 Å². The molecule has 0 amide bonds. The number of carboxylic acids is 1. The molecule has 4 fully saturated rings. The Bertz CT molecular complexity index is 675. The number of carbonyl (C=O) groups excluding carboxylic acids is 1. The van der Waals surface area contributed by atoms with Gasteiger partial charge in [0.15, 0.2) is 0 Å². The number of carboxylic acid groups (broad SMARTS) is 1. The van der Waals surface area contributed by atoms with E-state index in [1.807, 2.05) is 6.92 Å². The first-order chi connectivity index (χ1) is 11.5. The van der Waals surface area contributed by atoms with Gasteiger partial charge in [0, 0.05) is 11.8 Å². The predicted octanol–water partition coefficient (Wildman–Crippen LogP) is 1.50. The fourth-order valence-corrected chi connectivity index (χ4v) is 6.99. The number of aliphatic carboxylic acids is 1. The Kier molecular flexibility index (Phi) is 3.17. The van der Waals surface area contributed by atoms with Gasteiger partial charge in [0.1, 0.15) is 5.60 Å². The Labute approximate surface area is 146 Å². The molecule has 0 aromatic heterocycles. The molecule has 7 unspecified atom stereocenters. The molecule has 138 valence electrons. The minimum atomic E-state index is -1.20. The molecule has 2 bridgehead atoms. The molecule has 3 aliphatic carbocycles. The minimum absolute atomic E-state index is 0.135. The highest BCUT2D eigenvalue weighted by Gasteiger charge is 2.81. The van der Waals surface area contributed by atoms with Crippen molar-refractivity contribution in [3.8, 4) is 0 Å². The number of carbonyl (C=O) groups is 2. The van der Waals surface area contributed by atoms with Crippen molar-refractivity contribution in [2.75, 3.05) is 0 Å². The number of aliphatic hydroxyl groups excluding tert-OH is 1. The molecular formula is C19H26O6. The van der Waals surface area contributed by atoms with Crippen molar-refractivity contribution in [2.24, 2.45) is 28.6 Å². The molecule has 0 aromatic carbocycles. The molecule has 4 aliphatic rings. The van der Waals surface area contributed by atoms with Crippen LogP contribution in [0.1, 0.15) is 46.0 Å². The van der Waals surface area contributed by atoms with Crippen LogP contribution in [0.2, 0.25) is 0 Å². The van der Waals surface area contributed by atoms with Gasteiger partial charge in [0.25, 0.3) is 0 Å². The molecular weight excluding hydrogens is 324 g/mol. The van der Waals surface area contributed by atoms with Crippen molar-refractivity contribution in [1.29, 1.82) is 0 Å². The van der Waals surface area contributed by atoms with Crippen molar-refractivity contribution in [3.05, 3.63) is 12.7 Å².